The Kier molecular flexibility index (Phi) is 5.86. The normalized spacial score (nSPS) is 24.5. The minimum atomic E-state index is -3.35. The van der Waals surface area contributed by atoms with E-state index in [1.807, 2.05) is 19.9 Å². The monoisotopic (exact) mass is 364 g/mol. The van der Waals surface area contributed by atoms with Gasteiger partial charge in [-0.1, -0.05) is 13.0 Å². The second-order valence-corrected chi connectivity index (χ2v) is 10.1. The Morgan fingerprint density at radius 2 is 1.64 bits per heavy atom. The number of likely N-dealkylation sites (tertiary alicyclic amines) is 1. The second-order valence-electron chi connectivity index (χ2n) is 8.18. The molecule has 2 heterocycles. The van der Waals surface area contributed by atoms with Crippen LogP contribution in [0.3, 0.4) is 0 Å². The first-order valence-corrected chi connectivity index (χ1v) is 11.1. The molecule has 0 aromatic heterocycles. The zero-order chi connectivity index (χ0) is 18.0. The van der Waals surface area contributed by atoms with E-state index in [0.717, 1.165) is 36.4 Å². The van der Waals surface area contributed by atoms with Gasteiger partial charge in [0.1, 0.15) is 0 Å². The van der Waals surface area contributed by atoms with Gasteiger partial charge in [-0.3, -0.25) is 0 Å². The first-order chi connectivity index (χ1) is 11.8. The molecule has 2 saturated heterocycles. The van der Waals surface area contributed by atoms with E-state index in [1.165, 1.54) is 25.9 Å². The maximum atomic E-state index is 12.9. The lowest BCUT2D eigenvalue weighted by Gasteiger charge is -2.37. The Bertz CT molecular complexity index is 673. The van der Waals surface area contributed by atoms with Gasteiger partial charge in [0.2, 0.25) is 10.0 Å². The van der Waals surface area contributed by atoms with Crippen molar-refractivity contribution in [2.75, 3.05) is 32.7 Å². The van der Waals surface area contributed by atoms with Gasteiger partial charge in [-0.2, -0.15) is 4.31 Å². The summed E-state index contributed by atoms with van der Waals surface area (Å²) >= 11 is 0. The summed E-state index contributed by atoms with van der Waals surface area (Å²) in [6.07, 6.45) is 4.62. The molecule has 25 heavy (non-hydrogen) atoms. The fourth-order valence-electron chi connectivity index (χ4n) is 4.38. The average Bonchev–Trinajstić information content (AvgIpc) is 2.54. The standard InChI is InChI=1S/C20H32N2O2S/c1-16-5-4-8-21(14-16)15-19-6-9-22(10-7-19)25(23,24)20-12-17(2)11-18(3)13-20/h11-13,16,19H,4-10,14-15H2,1-3H3/t16-/m0/s1. The molecule has 3 rings (SSSR count). The number of rotatable bonds is 4. The van der Waals surface area contributed by atoms with Crippen molar-refractivity contribution in [2.45, 2.75) is 51.3 Å². The molecule has 4 nitrogen and oxygen atoms in total. The van der Waals surface area contributed by atoms with E-state index in [-0.39, 0.29) is 0 Å². The molecule has 0 bridgehead atoms. The van der Waals surface area contributed by atoms with Gasteiger partial charge in [0.05, 0.1) is 4.90 Å². The van der Waals surface area contributed by atoms with Crippen LogP contribution in [0.15, 0.2) is 23.1 Å². The third kappa shape index (κ3) is 4.63. The van der Waals surface area contributed by atoms with E-state index in [4.69, 9.17) is 0 Å². The minimum Gasteiger partial charge on any atom is -0.303 e. The predicted molar refractivity (Wildman–Crippen MR) is 102 cm³/mol. The SMILES string of the molecule is Cc1cc(C)cc(S(=O)(=O)N2CCC(CN3CCC[C@H](C)C3)CC2)c1. The second kappa shape index (κ2) is 7.77. The van der Waals surface area contributed by atoms with Gasteiger partial charge in [-0.25, -0.2) is 8.42 Å². The van der Waals surface area contributed by atoms with E-state index in [2.05, 4.69) is 11.8 Å². The van der Waals surface area contributed by atoms with Crippen LogP contribution < -0.4 is 0 Å². The van der Waals surface area contributed by atoms with Crippen LogP contribution >= 0.6 is 0 Å². The van der Waals surface area contributed by atoms with Gasteiger partial charge in [0.15, 0.2) is 0 Å². The van der Waals surface area contributed by atoms with Crippen molar-refractivity contribution in [1.29, 1.82) is 0 Å². The highest BCUT2D eigenvalue weighted by atomic mass is 32.2. The van der Waals surface area contributed by atoms with Crippen LogP contribution in [0.25, 0.3) is 0 Å². The van der Waals surface area contributed by atoms with Crippen LogP contribution in [-0.4, -0.2) is 50.3 Å². The maximum Gasteiger partial charge on any atom is 0.243 e. The Morgan fingerprint density at radius 3 is 2.24 bits per heavy atom. The van der Waals surface area contributed by atoms with Gasteiger partial charge in [0.25, 0.3) is 0 Å². The number of aryl methyl sites for hydroxylation is 2. The quantitative estimate of drug-likeness (QED) is 0.822. The van der Waals surface area contributed by atoms with Gasteiger partial charge in [-0.15, -0.1) is 0 Å². The molecule has 0 amide bonds. The minimum absolute atomic E-state index is 0.452. The molecule has 140 valence electrons. The Balaban J connectivity index is 1.59. The number of nitrogens with zero attached hydrogens (tertiary/aromatic N) is 2. The predicted octanol–water partition coefficient (Wildman–Crippen LogP) is 3.44. The van der Waals surface area contributed by atoms with Crippen molar-refractivity contribution in [3.63, 3.8) is 0 Å². The number of benzene rings is 1. The summed E-state index contributed by atoms with van der Waals surface area (Å²) in [4.78, 5) is 3.04. The third-order valence-corrected chi connectivity index (χ3v) is 7.54. The summed E-state index contributed by atoms with van der Waals surface area (Å²) in [7, 11) is -3.35. The highest BCUT2D eigenvalue weighted by Gasteiger charge is 2.30. The largest absolute Gasteiger partial charge is 0.303 e. The molecule has 0 aliphatic carbocycles. The summed E-state index contributed by atoms with van der Waals surface area (Å²) in [5.41, 5.74) is 2.01. The smallest absolute Gasteiger partial charge is 0.243 e. The van der Waals surface area contributed by atoms with Crippen LogP contribution in [0.1, 0.15) is 43.7 Å². The first-order valence-electron chi connectivity index (χ1n) is 9.65. The molecule has 0 N–H and O–H groups in total. The topological polar surface area (TPSA) is 40.6 Å². The van der Waals surface area contributed by atoms with Crippen molar-refractivity contribution >= 4 is 10.0 Å². The molecule has 0 spiro atoms. The molecule has 1 aromatic carbocycles. The fourth-order valence-corrected chi connectivity index (χ4v) is 6.04. The van der Waals surface area contributed by atoms with E-state index < -0.39 is 10.0 Å². The molecule has 2 aliphatic rings. The molecular formula is C20H32N2O2S. The van der Waals surface area contributed by atoms with Crippen LogP contribution in [-0.2, 0) is 10.0 Å². The van der Waals surface area contributed by atoms with Crippen molar-refractivity contribution in [2.24, 2.45) is 11.8 Å². The molecule has 0 radical (unpaired) electrons. The lowest BCUT2D eigenvalue weighted by molar-refractivity contribution is 0.136. The lowest BCUT2D eigenvalue weighted by atomic mass is 9.94. The highest BCUT2D eigenvalue weighted by Crippen LogP contribution is 2.26. The third-order valence-electron chi connectivity index (χ3n) is 5.66. The van der Waals surface area contributed by atoms with Crippen LogP contribution in [0.5, 0.6) is 0 Å². The molecule has 2 aliphatic heterocycles. The Morgan fingerprint density at radius 1 is 1.00 bits per heavy atom. The molecular weight excluding hydrogens is 332 g/mol. The van der Waals surface area contributed by atoms with Gasteiger partial charge >= 0.3 is 0 Å². The Labute approximate surface area is 153 Å². The number of hydrogen-bond donors (Lipinski definition) is 0. The molecule has 1 atom stereocenters. The number of sulfonamides is 1. The van der Waals surface area contributed by atoms with Crippen LogP contribution in [0.4, 0.5) is 0 Å². The van der Waals surface area contributed by atoms with Gasteiger partial charge < -0.3 is 4.90 Å². The molecule has 1 aromatic rings. The average molecular weight is 365 g/mol. The molecule has 5 heteroatoms. The summed E-state index contributed by atoms with van der Waals surface area (Å²) in [6.45, 7) is 11.1. The van der Waals surface area contributed by atoms with Crippen molar-refractivity contribution in [1.82, 2.24) is 9.21 Å². The summed E-state index contributed by atoms with van der Waals surface area (Å²) < 4.78 is 27.6. The molecule has 0 saturated carbocycles. The highest BCUT2D eigenvalue weighted by molar-refractivity contribution is 7.89. The lowest BCUT2D eigenvalue weighted by Crippen LogP contribution is -2.43. The summed E-state index contributed by atoms with van der Waals surface area (Å²) in [5.74, 6) is 1.44. The zero-order valence-corrected chi connectivity index (χ0v) is 16.7. The summed E-state index contributed by atoms with van der Waals surface area (Å²) in [6, 6.07) is 5.61. The zero-order valence-electron chi connectivity index (χ0n) is 15.9. The maximum absolute atomic E-state index is 12.9. The van der Waals surface area contributed by atoms with Gasteiger partial charge in [0, 0.05) is 26.2 Å². The van der Waals surface area contributed by atoms with E-state index >= 15 is 0 Å². The molecule has 0 unspecified atom stereocenters. The molecule has 2 fully saturated rings. The van der Waals surface area contributed by atoms with Crippen molar-refractivity contribution in [3.05, 3.63) is 29.3 Å². The fraction of sp³-hybridized carbons (Fsp3) is 0.700. The Hall–Kier alpha value is -0.910. The number of hydrogen-bond acceptors (Lipinski definition) is 3. The number of piperidine rings is 2. The van der Waals surface area contributed by atoms with E-state index in [9.17, 15) is 8.42 Å². The van der Waals surface area contributed by atoms with Crippen LogP contribution in [0.2, 0.25) is 0 Å². The van der Waals surface area contributed by atoms with Crippen LogP contribution in [0, 0.1) is 25.7 Å². The van der Waals surface area contributed by atoms with Gasteiger partial charge in [-0.05, 0) is 81.2 Å². The van der Waals surface area contributed by atoms with Crippen molar-refractivity contribution < 1.29 is 8.42 Å². The van der Waals surface area contributed by atoms with E-state index in [0.29, 0.717) is 23.9 Å². The van der Waals surface area contributed by atoms with Crippen molar-refractivity contribution in [3.8, 4) is 0 Å². The summed E-state index contributed by atoms with van der Waals surface area (Å²) in [5, 5.41) is 0. The first kappa shape index (κ1) is 18.9. The van der Waals surface area contributed by atoms with E-state index in [1.54, 1.807) is 16.4 Å².